The van der Waals surface area contributed by atoms with Crippen molar-refractivity contribution >= 4 is 17.5 Å². The third kappa shape index (κ3) is 4.87. The van der Waals surface area contributed by atoms with E-state index in [1.165, 1.54) is 36.8 Å². The van der Waals surface area contributed by atoms with Crippen LogP contribution in [0.25, 0.3) is 0 Å². The van der Waals surface area contributed by atoms with Gasteiger partial charge in [0.15, 0.2) is 0 Å². The van der Waals surface area contributed by atoms with Crippen LogP contribution in [0.5, 0.6) is 0 Å². The maximum Gasteiger partial charge on any atom is 0.252 e. The fourth-order valence-corrected chi connectivity index (χ4v) is 3.80. The number of nitrogens with one attached hydrogen (secondary N) is 1. The molecular weight excluding hydrogens is 344 g/mol. The molecule has 138 valence electrons. The lowest BCUT2D eigenvalue weighted by atomic mass is 10.0. The summed E-state index contributed by atoms with van der Waals surface area (Å²) in [4.78, 5) is 15.1. The lowest BCUT2D eigenvalue weighted by molar-refractivity contribution is 0.0933. The predicted octanol–water partition coefficient (Wildman–Crippen LogP) is 5.00. The van der Waals surface area contributed by atoms with Gasteiger partial charge in [-0.2, -0.15) is 0 Å². The molecule has 2 aromatic carbocycles. The summed E-state index contributed by atoms with van der Waals surface area (Å²) in [7, 11) is 0. The number of amides is 1. The fourth-order valence-electron chi connectivity index (χ4n) is 3.58. The maximum atomic E-state index is 12.6. The zero-order chi connectivity index (χ0) is 18.4. The fraction of sp³-hybridized carbons (Fsp3) is 0.409. The SMILES string of the molecule is Cc1ccc([C@H](CNC(=O)c2ccccc2Cl)N2CCCCCC2)cc1. The van der Waals surface area contributed by atoms with Gasteiger partial charge in [0, 0.05) is 6.54 Å². The minimum absolute atomic E-state index is 0.109. The van der Waals surface area contributed by atoms with Crippen molar-refractivity contribution in [2.45, 2.75) is 38.6 Å². The average Bonchev–Trinajstić information content (AvgIpc) is 2.93. The van der Waals surface area contributed by atoms with Gasteiger partial charge in [-0.3, -0.25) is 9.69 Å². The number of rotatable bonds is 5. The van der Waals surface area contributed by atoms with E-state index in [-0.39, 0.29) is 11.9 Å². The van der Waals surface area contributed by atoms with E-state index in [2.05, 4.69) is 41.4 Å². The summed E-state index contributed by atoms with van der Waals surface area (Å²) in [6, 6.07) is 16.1. The van der Waals surface area contributed by atoms with Gasteiger partial charge < -0.3 is 5.32 Å². The van der Waals surface area contributed by atoms with Crippen molar-refractivity contribution in [1.29, 1.82) is 0 Å². The second kappa shape index (κ2) is 9.20. The number of hydrogen-bond acceptors (Lipinski definition) is 2. The second-order valence-corrected chi connectivity index (χ2v) is 7.47. The molecule has 1 aliphatic heterocycles. The molecule has 3 nitrogen and oxygen atoms in total. The number of aryl methyl sites for hydroxylation is 1. The van der Waals surface area contributed by atoms with Crippen LogP contribution in [-0.4, -0.2) is 30.4 Å². The number of carbonyl (C=O) groups is 1. The van der Waals surface area contributed by atoms with Crippen LogP contribution in [0.15, 0.2) is 48.5 Å². The van der Waals surface area contributed by atoms with Crippen LogP contribution in [0, 0.1) is 6.92 Å². The third-order valence-electron chi connectivity index (χ3n) is 5.12. The number of halogens is 1. The summed E-state index contributed by atoms with van der Waals surface area (Å²) >= 11 is 6.17. The highest BCUT2D eigenvalue weighted by Crippen LogP contribution is 2.24. The molecule has 0 radical (unpaired) electrons. The molecule has 0 spiro atoms. The Bertz CT molecular complexity index is 721. The van der Waals surface area contributed by atoms with Gasteiger partial charge in [-0.1, -0.05) is 66.4 Å². The molecule has 2 aromatic rings. The highest BCUT2D eigenvalue weighted by atomic mass is 35.5. The molecule has 0 aromatic heterocycles. The van der Waals surface area contributed by atoms with Gasteiger partial charge in [-0.15, -0.1) is 0 Å². The van der Waals surface area contributed by atoms with Crippen LogP contribution in [0.1, 0.15) is 53.2 Å². The van der Waals surface area contributed by atoms with Crippen LogP contribution < -0.4 is 5.32 Å². The zero-order valence-electron chi connectivity index (χ0n) is 15.4. The van der Waals surface area contributed by atoms with Gasteiger partial charge in [-0.05, 0) is 50.6 Å². The van der Waals surface area contributed by atoms with E-state index in [1.807, 2.05) is 12.1 Å². The Morgan fingerprint density at radius 1 is 1.04 bits per heavy atom. The monoisotopic (exact) mass is 370 g/mol. The standard InChI is InChI=1S/C22H27ClN2O/c1-17-10-12-18(13-11-17)21(25-14-6-2-3-7-15-25)16-24-22(26)19-8-4-5-9-20(19)23/h4-5,8-13,21H,2-3,6-7,14-16H2,1H3,(H,24,26)/t21-/m0/s1. The van der Waals surface area contributed by atoms with E-state index in [0.717, 1.165) is 13.1 Å². The van der Waals surface area contributed by atoms with Gasteiger partial charge >= 0.3 is 0 Å². The Labute approximate surface area is 161 Å². The van der Waals surface area contributed by atoms with Crippen LogP contribution in [0.3, 0.4) is 0 Å². The molecule has 1 heterocycles. The molecule has 1 N–H and O–H groups in total. The van der Waals surface area contributed by atoms with E-state index in [1.54, 1.807) is 12.1 Å². The smallest absolute Gasteiger partial charge is 0.252 e. The van der Waals surface area contributed by atoms with Gasteiger partial charge in [0.25, 0.3) is 5.91 Å². The minimum Gasteiger partial charge on any atom is -0.350 e. The van der Waals surface area contributed by atoms with Gasteiger partial charge in [-0.25, -0.2) is 0 Å². The quantitative estimate of drug-likeness (QED) is 0.803. The highest BCUT2D eigenvalue weighted by Gasteiger charge is 2.22. The number of benzene rings is 2. The lowest BCUT2D eigenvalue weighted by Gasteiger charge is -2.31. The summed E-state index contributed by atoms with van der Waals surface area (Å²) in [5.41, 5.74) is 3.05. The summed E-state index contributed by atoms with van der Waals surface area (Å²) in [6.45, 7) is 4.86. The molecular formula is C22H27ClN2O. The zero-order valence-corrected chi connectivity index (χ0v) is 16.1. The average molecular weight is 371 g/mol. The third-order valence-corrected chi connectivity index (χ3v) is 5.45. The first-order valence-corrected chi connectivity index (χ1v) is 9.86. The molecule has 26 heavy (non-hydrogen) atoms. The Balaban J connectivity index is 1.75. The van der Waals surface area contributed by atoms with Crippen molar-refractivity contribution in [3.8, 4) is 0 Å². The molecule has 1 amide bonds. The van der Waals surface area contributed by atoms with Crippen LogP contribution in [0.4, 0.5) is 0 Å². The first kappa shape index (κ1) is 18.9. The van der Waals surface area contributed by atoms with Crippen molar-refractivity contribution in [3.05, 3.63) is 70.2 Å². The van der Waals surface area contributed by atoms with E-state index in [0.29, 0.717) is 17.1 Å². The lowest BCUT2D eigenvalue weighted by Crippen LogP contribution is -2.38. The molecule has 0 saturated carbocycles. The molecule has 3 rings (SSSR count). The highest BCUT2D eigenvalue weighted by molar-refractivity contribution is 6.33. The molecule has 1 fully saturated rings. The molecule has 0 aliphatic carbocycles. The molecule has 1 atom stereocenters. The van der Waals surface area contributed by atoms with Crippen LogP contribution in [-0.2, 0) is 0 Å². The molecule has 1 saturated heterocycles. The number of carbonyl (C=O) groups excluding carboxylic acids is 1. The Kier molecular flexibility index (Phi) is 6.70. The van der Waals surface area contributed by atoms with Gasteiger partial charge in [0.1, 0.15) is 0 Å². The largest absolute Gasteiger partial charge is 0.350 e. The van der Waals surface area contributed by atoms with E-state index in [9.17, 15) is 4.79 Å². The molecule has 4 heteroatoms. The summed E-state index contributed by atoms with van der Waals surface area (Å²) in [5.74, 6) is -0.109. The summed E-state index contributed by atoms with van der Waals surface area (Å²) in [6.07, 6.45) is 5.04. The second-order valence-electron chi connectivity index (χ2n) is 7.07. The molecule has 1 aliphatic rings. The van der Waals surface area contributed by atoms with Crippen molar-refractivity contribution in [2.75, 3.05) is 19.6 Å². The van der Waals surface area contributed by atoms with Crippen molar-refractivity contribution in [3.63, 3.8) is 0 Å². The topological polar surface area (TPSA) is 32.3 Å². The van der Waals surface area contributed by atoms with Gasteiger partial charge in [0.2, 0.25) is 0 Å². The number of hydrogen-bond donors (Lipinski definition) is 1. The molecule has 0 bridgehead atoms. The van der Waals surface area contributed by atoms with E-state index >= 15 is 0 Å². The van der Waals surface area contributed by atoms with Gasteiger partial charge in [0.05, 0.1) is 16.6 Å². The summed E-state index contributed by atoms with van der Waals surface area (Å²) < 4.78 is 0. The maximum absolute atomic E-state index is 12.6. The van der Waals surface area contributed by atoms with Crippen molar-refractivity contribution < 1.29 is 4.79 Å². The summed E-state index contributed by atoms with van der Waals surface area (Å²) in [5, 5.41) is 3.60. The Hall–Kier alpha value is -1.84. The number of likely N-dealkylation sites (tertiary alicyclic amines) is 1. The van der Waals surface area contributed by atoms with E-state index < -0.39 is 0 Å². The Morgan fingerprint density at radius 3 is 2.35 bits per heavy atom. The van der Waals surface area contributed by atoms with Crippen molar-refractivity contribution in [2.24, 2.45) is 0 Å². The first-order valence-electron chi connectivity index (χ1n) is 9.48. The first-order chi connectivity index (χ1) is 12.6. The molecule has 0 unspecified atom stereocenters. The van der Waals surface area contributed by atoms with Crippen molar-refractivity contribution in [1.82, 2.24) is 10.2 Å². The number of nitrogens with zero attached hydrogens (tertiary/aromatic N) is 1. The van der Waals surface area contributed by atoms with Crippen LogP contribution in [0.2, 0.25) is 5.02 Å². The predicted molar refractivity (Wildman–Crippen MR) is 108 cm³/mol. The normalized spacial score (nSPS) is 16.7. The minimum atomic E-state index is -0.109. The van der Waals surface area contributed by atoms with E-state index in [4.69, 9.17) is 11.6 Å². The van der Waals surface area contributed by atoms with Crippen LogP contribution >= 0.6 is 11.6 Å². The Morgan fingerprint density at radius 2 is 1.69 bits per heavy atom.